The predicted octanol–water partition coefficient (Wildman–Crippen LogP) is 1.67. The molecule has 0 amide bonds. The Labute approximate surface area is 96.6 Å². The van der Waals surface area contributed by atoms with E-state index in [1.54, 1.807) is 23.5 Å². The highest BCUT2D eigenvalue weighted by molar-refractivity contribution is 7.09. The van der Waals surface area contributed by atoms with E-state index in [0.29, 0.717) is 17.1 Å². The molecule has 5 nitrogen and oxygen atoms in total. The van der Waals surface area contributed by atoms with Gasteiger partial charge in [0.1, 0.15) is 6.07 Å². The molecule has 0 unspecified atom stereocenters. The van der Waals surface area contributed by atoms with Crippen LogP contribution >= 0.6 is 11.3 Å². The van der Waals surface area contributed by atoms with Gasteiger partial charge in [-0.25, -0.2) is 15.8 Å². The second-order valence-electron chi connectivity index (χ2n) is 3.10. The van der Waals surface area contributed by atoms with E-state index in [-0.39, 0.29) is 0 Å². The number of hydrazine groups is 1. The van der Waals surface area contributed by atoms with E-state index in [2.05, 4.69) is 15.4 Å². The van der Waals surface area contributed by atoms with Crippen LogP contribution in [0.5, 0.6) is 0 Å². The highest BCUT2D eigenvalue weighted by atomic mass is 32.1. The molecule has 0 atom stereocenters. The number of hydrogen-bond donors (Lipinski definition) is 2. The topological polar surface area (TPSA) is 87.6 Å². The van der Waals surface area contributed by atoms with Crippen LogP contribution in [0, 0.1) is 18.3 Å². The lowest BCUT2D eigenvalue weighted by Gasteiger charge is -2.03. The number of nitriles is 1. The van der Waals surface area contributed by atoms with Gasteiger partial charge in [-0.3, -0.25) is 0 Å². The van der Waals surface area contributed by atoms with Gasteiger partial charge in [0.05, 0.1) is 22.0 Å². The van der Waals surface area contributed by atoms with Gasteiger partial charge >= 0.3 is 0 Å². The van der Waals surface area contributed by atoms with E-state index in [9.17, 15) is 0 Å². The molecule has 0 saturated heterocycles. The minimum atomic E-state index is 0.366. The molecule has 2 heterocycles. The van der Waals surface area contributed by atoms with Crippen LogP contribution in [0.15, 0.2) is 17.5 Å². The SMILES string of the molecule is Cc1nc(-c2ccc(C#N)c(NN)n2)cs1. The van der Waals surface area contributed by atoms with E-state index in [1.807, 2.05) is 18.4 Å². The number of thiazole rings is 1. The smallest absolute Gasteiger partial charge is 0.158 e. The molecule has 0 aromatic carbocycles. The first-order valence-electron chi connectivity index (χ1n) is 4.55. The number of nitrogens with two attached hydrogens (primary N) is 1. The third kappa shape index (κ3) is 1.86. The van der Waals surface area contributed by atoms with E-state index in [0.717, 1.165) is 10.7 Å². The molecule has 2 rings (SSSR count). The first kappa shape index (κ1) is 10.5. The Morgan fingerprint density at radius 1 is 1.38 bits per heavy atom. The summed E-state index contributed by atoms with van der Waals surface area (Å²) in [6.45, 7) is 1.93. The van der Waals surface area contributed by atoms with Gasteiger partial charge in [-0.2, -0.15) is 5.26 Å². The van der Waals surface area contributed by atoms with Crippen molar-refractivity contribution >= 4 is 17.2 Å². The molecule has 2 aromatic rings. The first-order chi connectivity index (χ1) is 7.74. The summed E-state index contributed by atoms with van der Waals surface area (Å²) in [6.07, 6.45) is 0. The Bertz CT molecular complexity index is 555. The quantitative estimate of drug-likeness (QED) is 0.606. The van der Waals surface area contributed by atoms with E-state index >= 15 is 0 Å². The maximum atomic E-state index is 8.82. The third-order valence-electron chi connectivity index (χ3n) is 2.03. The predicted molar refractivity (Wildman–Crippen MR) is 62.6 cm³/mol. The van der Waals surface area contributed by atoms with Crippen molar-refractivity contribution in [3.8, 4) is 17.5 Å². The molecule has 80 valence electrons. The van der Waals surface area contributed by atoms with Crippen molar-refractivity contribution in [1.82, 2.24) is 9.97 Å². The number of nitrogen functional groups attached to an aromatic ring is 1. The van der Waals surface area contributed by atoms with Crippen molar-refractivity contribution in [1.29, 1.82) is 5.26 Å². The monoisotopic (exact) mass is 231 g/mol. The Balaban J connectivity index is 2.48. The molecule has 0 aliphatic rings. The molecule has 0 radical (unpaired) electrons. The average Bonchev–Trinajstić information content (AvgIpc) is 2.75. The maximum Gasteiger partial charge on any atom is 0.158 e. The third-order valence-corrected chi connectivity index (χ3v) is 2.81. The van der Waals surface area contributed by atoms with Crippen LogP contribution in [-0.4, -0.2) is 9.97 Å². The van der Waals surface area contributed by atoms with Crippen molar-refractivity contribution in [2.24, 2.45) is 5.84 Å². The molecule has 0 saturated carbocycles. The minimum absolute atomic E-state index is 0.366. The zero-order valence-corrected chi connectivity index (χ0v) is 9.38. The van der Waals surface area contributed by atoms with Crippen molar-refractivity contribution < 1.29 is 0 Å². The van der Waals surface area contributed by atoms with Crippen molar-refractivity contribution in [2.45, 2.75) is 6.92 Å². The molecule has 2 aromatic heterocycles. The summed E-state index contributed by atoms with van der Waals surface area (Å²) >= 11 is 1.55. The standard InChI is InChI=1S/C10H9N5S/c1-6-13-9(5-16-6)8-3-2-7(4-11)10(14-8)15-12/h2-3,5H,12H2,1H3,(H,14,15). The number of anilines is 1. The first-order valence-corrected chi connectivity index (χ1v) is 5.43. The zero-order chi connectivity index (χ0) is 11.5. The maximum absolute atomic E-state index is 8.82. The number of nitrogens with zero attached hydrogens (tertiary/aromatic N) is 3. The molecule has 0 aliphatic heterocycles. The molecule has 0 bridgehead atoms. The largest absolute Gasteiger partial charge is 0.307 e. The molecule has 0 aliphatic carbocycles. The van der Waals surface area contributed by atoms with Crippen LogP contribution in [0.1, 0.15) is 10.6 Å². The number of aromatic nitrogens is 2. The number of aryl methyl sites for hydroxylation is 1. The second kappa shape index (κ2) is 4.26. The fourth-order valence-electron chi connectivity index (χ4n) is 1.28. The molecule has 6 heteroatoms. The molecule has 0 fully saturated rings. The van der Waals surface area contributed by atoms with Crippen molar-refractivity contribution in [3.05, 3.63) is 28.1 Å². The van der Waals surface area contributed by atoms with Crippen LogP contribution in [0.2, 0.25) is 0 Å². The fourth-order valence-corrected chi connectivity index (χ4v) is 1.89. The van der Waals surface area contributed by atoms with Crippen molar-refractivity contribution in [3.63, 3.8) is 0 Å². The van der Waals surface area contributed by atoms with Crippen LogP contribution in [0.4, 0.5) is 5.82 Å². The Morgan fingerprint density at radius 2 is 2.19 bits per heavy atom. The van der Waals surface area contributed by atoms with E-state index in [1.165, 1.54) is 0 Å². The van der Waals surface area contributed by atoms with Gasteiger partial charge in [0.2, 0.25) is 0 Å². The molecular weight excluding hydrogens is 222 g/mol. The van der Waals surface area contributed by atoms with Crippen molar-refractivity contribution in [2.75, 3.05) is 5.43 Å². The lowest BCUT2D eigenvalue weighted by atomic mass is 10.2. The van der Waals surface area contributed by atoms with Gasteiger partial charge in [0.15, 0.2) is 5.82 Å². The highest BCUT2D eigenvalue weighted by Gasteiger charge is 2.07. The Morgan fingerprint density at radius 3 is 2.75 bits per heavy atom. The Hall–Kier alpha value is -1.97. The van der Waals surface area contributed by atoms with Crippen LogP contribution in [0.25, 0.3) is 11.4 Å². The van der Waals surface area contributed by atoms with Gasteiger partial charge in [-0.15, -0.1) is 11.3 Å². The van der Waals surface area contributed by atoms with E-state index < -0.39 is 0 Å². The Kier molecular flexibility index (Phi) is 2.81. The van der Waals surface area contributed by atoms with Crippen LogP contribution in [-0.2, 0) is 0 Å². The summed E-state index contributed by atoms with van der Waals surface area (Å²) in [5.74, 6) is 5.66. The summed E-state index contributed by atoms with van der Waals surface area (Å²) in [5.41, 5.74) is 4.32. The summed E-state index contributed by atoms with van der Waals surface area (Å²) in [7, 11) is 0. The van der Waals surface area contributed by atoms with E-state index in [4.69, 9.17) is 11.1 Å². The number of hydrogen-bond acceptors (Lipinski definition) is 6. The summed E-state index contributed by atoms with van der Waals surface area (Å²) in [4.78, 5) is 8.55. The summed E-state index contributed by atoms with van der Waals surface area (Å²) in [6, 6.07) is 5.44. The molecule has 3 N–H and O–H groups in total. The highest BCUT2D eigenvalue weighted by Crippen LogP contribution is 2.22. The zero-order valence-electron chi connectivity index (χ0n) is 8.56. The average molecular weight is 231 g/mol. The molecular formula is C10H9N5S. The van der Waals surface area contributed by atoms with Gasteiger partial charge < -0.3 is 5.43 Å². The molecule has 0 spiro atoms. The normalized spacial score (nSPS) is 9.81. The van der Waals surface area contributed by atoms with Crippen LogP contribution in [0.3, 0.4) is 0 Å². The summed E-state index contributed by atoms with van der Waals surface area (Å²) in [5, 5.41) is 11.7. The number of pyridine rings is 1. The molecule has 16 heavy (non-hydrogen) atoms. The number of nitrogens with one attached hydrogen (secondary N) is 1. The lowest BCUT2D eigenvalue weighted by molar-refractivity contribution is 1.19. The summed E-state index contributed by atoms with van der Waals surface area (Å²) < 4.78 is 0. The lowest BCUT2D eigenvalue weighted by Crippen LogP contribution is -2.10. The van der Waals surface area contributed by atoms with Crippen LogP contribution < -0.4 is 11.3 Å². The van der Waals surface area contributed by atoms with Gasteiger partial charge in [-0.05, 0) is 19.1 Å². The fraction of sp³-hybridized carbons (Fsp3) is 0.100. The van der Waals surface area contributed by atoms with Gasteiger partial charge in [0, 0.05) is 5.38 Å². The second-order valence-corrected chi connectivity index (χ2v) is 4.16. The number of rotatable bonds is 2. The van der Waals surface area contributed by atoms with Gasteiger partial charge in [-0.1, -0.05) is 0 Å². The minimum Gasteiger partial charge on any atom is -0.307 e. The van der Waals surface area contributed by atoms with Gasteiger partial charge in [0.25, 0.3) is 0 Å².